The Balaban J connectivity index is 1.40. The Kier molecular flexibility index (Phi) is 7.24. The standard InChI is InChI=1S/C23H29FO4/c1-2-3-22(25)27-20-12-8-17(9-13-20)16-4-6-18(7-5-16)23(26)28-21-14-10-19(24)11-15-21/h2-3,10-11,14-18,20H,4-9,12-13H2,1H3/t16-,17-,18-,20-. The first-order chi connectivity index (χ1) is 13.5. The Morgan fingerprint density at radius 3 is 2.07 bits per heavy atom. The average Bonchev–Trinajstić information content (AvgIpc) is 2.70. The van der Waals surface area contributed by atoms with Gasteiger partial charge >= 0.3 is 11.9 Å². The quantitative estimate of drug-likeness (QED) is 0.394. The number of benzene rings is 1. The summed E-state index contributed by atoms with van der Waals surface area (Å²) in [7, 11) is 0. The van der Waals surface area contributed by atoms with Gasteiger partial charge in [-0.25, -0.2) is 9.18 Å². The zero-order valence-corrected chi connectivity index (χ0v) is 16.4. The number of halogens is 1. The number of rotatable bonds is 5. The minimum Gasteiger partial charge on any atom is -0.459 e. The number of ether oxygens (including phenoxy) is 2. The molecule has 0 spiro atoms. The third-order valence-corrected chi connectivity index (χ3v) is 6.11. The summed E-state index contributed by atoms with van der Waals surface area (Å²) in [5.74, 6) is 0.842. The van der Waals surface area contributed by atoms with Crippen molar-refractivity contribution in [2.45, 2.75) is 64.4 Å². The largest absolute Gasteiger partial charge is 0.459 e. The molecule has 0 radical (unpaired) electrons. The lowest BCUT2D eigenvalue weighted by Crippen LogP contribution is -2.31. The van der Waals surface area contributed by atoms with Gasteiger partial charge in [-0.05, 0) is 94.4 Å². The summed E-state index contributed by atoms with van der Waals surface area (Å²) in [5, 5.41) is 0. The van der Waals surface area contributed by atoms with Gasteiger partial charge in [-0.3, -0.25) is 4.79 Å². The molecule has 2 aliphatic carbocycles. The molecule has 3 rings (SSSR count). The summed E-state index contributed by atoms with van der Waals surface area (Å²) in [6, 6.07) is 5.57. The van der Waals surface area contributed by atoms with Crippen LogP contribution in [0.4, 0.5) is 4.39 Å². The predicted molar refractivity (Wildman–Crippen MR) is 104 cm³/mol. The molecule has 5 heteroatoms. The summed E-state index contributed by atoms with van der Waals surface area (Å²) in [6.07, 6.45) is 11.0. The monoisotopic (exact) mass is 388 g/mol. The number of hydrogen-bond acceptors (Lipinski definition) is 4. The molecule has 1 aromatic rings. The van der Waals surface area contributed by atoms with Gasteiger partial charge < -0.3 is 9.47 Å². The molecule has 2 fully saturated rings. The maximum atomic E-state index is 13.0. The van der Waals surface area contributed by atoms with Crippen LogP contribution in [0.25, 0.3) is 0 Å². The molecule has 0 bridgehead atoms. The first kappa shape index (κ1) is 20.6. The molecule has 0 aromatic heterocycles. The van der Waals surface area contributed by atoms with Crippen LogP contribution in [0.3, 0.4) is 0 Å². The van der Waals surface area contributed by atoms with E-state index in [1.807, 2.05) is 6.92 Å². The van der Waals surface area contributed by atoms with Crippen molar-refractivity contribution in [3.8, 4) is 5.75 Å². The molecule has 0 amide bonds. The van der Waals surface area contributed by atoms with Gasteiger partial charge in [0.15, 0.2) is 0 Å². The van der Waals surface area contributed by atoms with Gasteiger partial charge in [-0.2, -0.15) is 0 Å². The lowest BCUT2D eigenvalue weighted by molar-refractivity contribution is -0.145. The molecule has 0 saturated heterocycles. The molecule has 2 saturated carbocycles. The first-order valence-corrected chi connectivity index (χ1v) is 10.4. The van der Waals surface area contributed by atoms with Crippen LogP contribution < -0.4 is 4.74 Å². The highest BCUT2D eigenvalue weighted by atomic mass is 19.1. The highest BCUT2D eigenvalue weighted by Gasteiger charge is 2.34. The van der Waals surface area contributed by atoms with Gasteiger partial charge in [0.2, 0.25) is 0 Å². The molecule has 0 aliphatic heterocycles. The molecule has 2 aliphatic rings. The maximum absolute atomic E-state index is 13.0. The van der Waals surface area contributed by atoms with Crippen molar-refractivity contribution in [2.24, 2.45) is 17.8 Å². The number of allylic oxidation sites excluding steroid dienone is 1. The number of hydrogen-bond donors (Lipinski definition) is 0. The maximum Gasteiger partial charge on any atom is 0.330 e. The van der Waals surface area contributed by atoms with Crippen molar-refractivity contribution >= 4 is 11.9 Å². The molecular formula is C23H29FO4. The SMILES string of the molecule is CC=CC(=O)O[C@H]1CC[C@H]([C@H]2CC[C@H](C(=O)Oc3ccc(F)cc3)CC2)CC1. The molecule has 0 atom stereocenters. The number of carbonyl (C=O) groups excluding carboxylic acids is 2. The van der Waals surface area contributed by atoms with Gasteiger partial charge in [0.1, 0.15) is 17.7 Å². The van der Waals surface area contributed by atoms with Crippen LogP contribution in [0.15, 0.2) is 36.4 Å². The van der Waals surface area contributed by atoms with E-state index in [1.54, 1.807) is 6.08 Å². The van der Waals surface area contributed by atoms with E-state index in [-0.39, 0.29) is 29.8 Å². The van der Waals surface area contributed by atoms with Crippen LogP contribution in [-0.2, 0) is 14.3 Å². The van der Waals surface area contributed by atoms with Crippen molar-refractivity contribution in [1.29, 1.82) is 0 Å². The van der Waals surface area contributed by atoms with E-state index in [0.29, 0.717) is 17.6 Å². The minimum absolute atomic E-state index is 0.0435. The van der Waals surface area contributed by atoms with E-state index < -0.39 is 0 Å². The fraction of sp³-hybridized carbons (Fsp3) is 0.565. The summed E-state index contributed by atoms with van der Waals surface area (Å²) in [5.41, 5.74) is 0. The zero-order chi connectivity index (χ0) is 19.9. The van der Waals surface area contributed by atoms with Gasteiger partial charge in [-0.1, -0.05) is 6.08 Å². The van der Waals surface area contributed by atoms with Gasteiger partial charge in [0, 0.05) is 6.08 Å². The molecule has 4 nitrogen and oxygen atoms in total. The second-order valence-electron chi connectivity index (χ2n) is 7.96. The van der Waals surface area contributed by atoms with Gasteiger partial charge in [0.05, 0.1) is 5.92 Å². The van der Waals surface area contributed by atoms with Crippen LogP contribution in [-0.4, -0.2) is 18.0 Å². The molecule has 28 heavy (non-hydrogen) atoms. The van der Waals surface area contributed by atoms with E-state index in [9.17, 15) is 14.0 Å². The van der Waals surface area contributed by atoms with Crippen LogP contribution in [0, 0.1) is 23.6 Å². The summed E-state index contributed by atoms with van der Waals surface area (Å²) in [6.45, 7) is 1.81. The second kappa shape index (κ2) is 9.85. The lowest BCUT2D eigenvalue weighted by Gasteiger charge is -2.37. The van der Waals surface area contributed by atoms with E-state index in [4.69, 9.17) is 9.47 Å². The topological polar surface area (TPSA) is 52.6 Å². The predicted octanol–water partition coefficient (Wildman–Crippen LogP) is 5.22. The van der Waals surface area contributed by atoms with Crippen LogP contribution in [0.1, 0.15) is 58.3 Å². The fourth-order valence-corrected chi connectivity index (χ4v) is 4.55. The third kappa shape index (κ3) is 5.66. The number of esters is 2. The normalized spacial score (nSPS) is 28.1. The highest BCUT2D eigenvalue weighted by molar-refractivity contribution is 5.81. The summed E-state index contributed by atoms with van der Waals surface area (Å²) < 4.78 is 23.8. The van der Waals surface area contributed by atoms with Gasteiger partial charge in [-0.15, -0.1) is 0 Å². The Morgan fingerprint density at radius 2 is 1.50 bits per heavy atom. The Bertz CT molecular complexity index is 681. The summed E-state index contributed by atoms with van der Waals surface area (Å²) in [4.78, 5) is 23.9. The molecule has 0 N–H and O–H groups in total. The zero-order valence-electron chi connectivity index (χ0n) is 16.4. The fourth-order valence-electron chi connectivity index (χ4n) is 4.55. The molecular weight excluding hydrogens is 359 g/mol. The summed E-state index contributed by atoms with van der Waals surface area (Å²) >= 11 is 0. The molecule has 1 aromatic carbocycles. The first-order valence-electron chi connectivity index (χ1n) is 10.4. The Morgan fingerprint density at radius 1 is 0.929 bits per heavy atom. The average molecular weight is 388 g/mol. The highest BCUT2D eigenvalue weighted by Crippen LogP contribution is 2.40. The van der Waals surface area contributed by atoms with Crippen molar-refractivity contribution in [1.82, 2.24) is 0 Å². The molecule has 0 unspecified atom stereocenters. The van der Waals surface area contributed by atoms with Crippen molar-refractivity contribution < 1.29 is 23.5 Å². The van der Waals surface area contributed by atoms with Crippen molar-refractivity contribution in [3.05, 3.63) is 42.2 Å². The third-order valence-electron chi connectivity index (χ3n) is 6.11. The van der Waals surface area contributed by atoms with Crippen LogP contribution >= 0.6 is 0 Å². The van der Waals surface area contributed by atoms with Crippen molar-refractivity contribution in [2.75, 3.05) is 0 Å². The van der Waals surface area contributed by atoms with E-state index in [2.05, 4.69) is 0 Å². The van der Waals surface area contributed by atoms with E-state index in [0.717, 1.165) is 51.4 Å². The minimum atomic E-state index is -0.341. The van der Waals surface area contributed by atoms with E-state index >= 15 is 0 Å². The Hall–Kier alpha value is -2.17. The van der Waals surface area contributed by atoms with Gasteiger partial charge in [0.25, 0.3) is 0 Å². The van der Waals surface area contributed by atoms with Crippen molar-refractivity contribution in [3.63, 3.8) is 0 Å². The Labute approximate surface area is 166 Å². The second-order valence-corrected chi connectivity index (χ2v) is 7.96. The molecule has 0 heterocycles. The smallest absolute Gasteiger partial charge is 0.330 e. The number of carbonyl (C=O) groups is 2. The van der Waals surface area contributed by atoms with Crippen LogP contribution in [0.2, 0.25) is 0 Å². The lowest BCUT2D eigenvalue weighted by atomic mass is 9.70. The van der Waals surface area contributed by atoms with Crippen LogP contribution in [0.5, 0.6) is 5.75 Å². The molecule has 152 valence electrons. The van der Waals surface area contributed by atoms with E-state index in [1.165, 1.54) is 30.3 Å².